The molecule has 1 saturated carbocycles. The molecule has 0 saturated heterocycles. The van der Waals surface area contributed by atoms with Gasteiger partial charge in [0.25, 0.3) is 0 Å². The lowest BCUT2D eigenvalue weighted by Gasteiger charge is -2.17. The molecule has 0 aliphatic heterocycles. The summed E-state index contributed by atoms with van der Waals surface area (Å²) in [4.78, 5) is 4.29. The van der Waals surface area contributed by atoms with Gasteiger partial charge in [0.15, 0.2) is 5.13 Å². The molecule has 0 radical (unpaired) electrons. The van der Waals surface area contributed by atoms with Gasteiger partial charge in [-0.05, 0) is 28.8 Å². The summed E-state index contributed by atoms with van der Waals surface area (Å²) in [6.45, 7) is 0.282. The number of nitrogens with zero attached hydrogens (tertiary/aromatic N) is 1. The van der Waals surface area contributed by atoms with Crippen LogP contribution in [0.15, 0.2) is 9.98 Å². The largest absolute Gasteiger partial charge is 0.396 e. The molecule has 0 unspecified atom stereocenters. The predicted molar refractivity (Wildman–Crippen MR) is 61.7 cm³/mol. The number of hydrogen-bond acceptors (Lipinski definition) is 4. The van der Waals surface area contributed by atoms with Gasteiger partial charge in [-0.1, -0.05) is 6.42 Å². The van der Waals surface area contributed by atoms with E-state index in [0.29, 0.717) is 12.0 Å². The highest BCUT2D eigenvalue weighted by Crippen LogP contribution is 2.29. The fraction of sp³-hybridized carbons (Fsp3) is 0.667. The summed E-state index contributed by atoms with van der Waals surface area (Å²) < 4.78 is 0.878. The van der Waals surface area contributed by atoms with Gasteiger partial charge in [0.05, 0.1) is 0 Å². The normalized spacial score (nSPS) is 26.7. The minimum absolute atomic E-state index is 0.282. The highest BCUT2D eigenvalue weighted by Gasteiger charge is 2.26. The van der Waals surface area contributed by atoms with Crippen molar-refractivity contribution in [2.24, 2.45) is 5.92 Å². The molecule has 1 aliphatic carbocycles. The highest BCUT2D eigenvalue weighted by molar-refractivity contribution is 9.10. The summed E-state index contributed by atoms with van der Waals surface area (Å²) in [5.74, 6) is 0.401. The standard InChI is InChI=1S/C9H13BrN2OS/c10-8-5-14-9(12-8)11-7-3-1-2-6(7)4-13/h5-7,13H,1-4H2,(H,11,12)/t6-,7-/m0/s1. The fourth-order valence-corrected chi connectivity index (χ4v) is 3.13. The van der Waals surface area contributed by atoms with Crippen LogP contribution in [0.25, 0.3) is 0 Å². The maximum atomic E-state index is 9.15. The van der Waals surface area contributed by atoms with Crippen LogP contribution >= 0.6 is 27.3 Å². The van der Waals surface area contributed by atoms with Crippen LogP contribution < -0.4 is 5.32 Å². The van der Waals surface area contributed by atoms with Crippen LogP contribution in [-0.4, -0.2) is 22.7 Å². The van der Waals surface area contributed by atoms with Crippen molar-refractivity contribution >= 4 is 32.4 Å². The molecule has 0 aromatic carbocycles. The molecule has 2 N–H and O–H groups in total. The van der Waals surface area contributed by atoms with E-state index in [4.69, 9.17) is 5.11 Å². The average molecular weight is 277 g/mol. The maximum Gasteiger partial charge on any atom is 0.183 e. The summed E-state index contributed by atoms with van der Waals surface area (Å²) >= 11 is 4.92. The van der Waals surface area contributed by atoms with E-state index in [1.807, 2.05) is 5.38 Å². The molecule has 1 fully saturated rings. The summed E-state index contributed by atoms with van der Waals surface area (Å²) in [7, 11) is 0. The summed E-state index contributed by atoms with van der Waals surface area (Å²) in [5.41, 5.74) is 0. The first-order valence-electron chi connectivity index (χ1n) is 4.78. The second kappa shape index (κ2) is 4.59. The lowest BCUT2D eigenvalue weighted by molar-refractivity contribution is 0.222. The van der Waals surface area contributed by atoms with Crippen LogP contribution in [0.5, 0.6) is 0 Å². The Labute approximate surface area is 95.7 Å². The Balaban J connectivity index is 1.96. The Morgan fingerprint density at radius 3 is 3.14 bits per heavy atom. The van der Waals surface area contributed by atoms with Gasteiger partial charge in [0.2, 0.25) is 0 Å². The van der Waals surface area contributed by atoms with Gasteiger partial charge in [-0.2, -0.15) is 0 Å². The van der Waals surface area contributed by atoms with Gasteiger partial charge >= 0.3 is 0 Å². The van der Waals surface area contributed by atoms with Gasteiger partial charge in [-0.3, -0.25) is 0 Å². The van der Waals surface area contributed by atoms with Crippen LogP contribution in [0.3, 0.4) is 0 Å². The first kappa shape index (κ1) is 10.4. The zero-order chi connectivity index (χ0) is 9.97. The number of nitrogens with one attached hydrogen (secondary N) is 1. The van der Waals surface area contributed by atoms with Crippen molar-refractivity contribution in [3.05, 3.63) is 9.98 Å². The second-order valence-corrected chi connectivity index (χ2v) is 5.27. The summed E-state index contributed by atoms with van der Waals surface area (Å²) in [5, 5.41) is 15.4. The Bertz CT molecular complexity index is 305. The van der Waals surface area contributed by atoms with E-state index in [0.717, 1.165) is 22.6 Å². The van der Waals surface area contributed by atoms with Crippen LogP contribution in [-0.2, 0) is 0 Å². The first-order valence-corrected chi connectivity index (χ1v) is 6.45. The lowest BCUT2D eigenvalue weighted by Crippen LogP contribution is -2.26. The van der Waals surface area contributed by atoms with Crippen LogP contribution in [0.2, 0.25) is 0 Å². The molecule has 0 amide bonds. The van der Waals surface area contributed by atoms with Crippen LogP contribution in [0, 0.1) is 5.92 Å². The van der Waals surface area contributed by atoms with E-state index in [1.165, 1.54) is 6.42 Å². The SMILES string of the molecule is OC[C@@H]1CCC[C@@H]1Nc1nc(Br)cs1. The minimum atomic E-state index is 0.282. The first-order chi connectivity index (χ1) is 6.79. The van der Waals surface area contributed by atoms with Gasteiger partial charge in [0.1, 0.15) is 4.60 Å². The van der Waals surface area contributed by atoms with Crippen molar-refractivity contribution in [3.63, 3.8) is 0 Å². The van der Waals surface area contributed by atoms with Crippen molar-refractivity contribution in [2.75, 3.05) is 11.9 Å². The Hall–Kier alpha value is -0.130. The number of rotatable bonds is 3. The number of aromatic nitrogens is 1. The second-order valence-electron chi connectivity index (χ2n) is 3.60. The quantitative estimate of drug-likeness (QED) is 0.892. The molecule has 2 rings (SSSR count). The van der Waals surface area contributed by atoms with Crippen molar-refractivity contribution in [3.8, 4) is 0 Å². The smallest absolute Gasteiger partial charge is 0.183 e. The van der Waals surface area contributed by atoms with Crippen LogP contribution in [0.4, 0.5) is 5.13 Å². The third kappa shape index (κ3) is 2.27. The molecular formula is C9H13BrN2OS. The maximum absolute atomic E-state index is 9.15. The van der Waals surface area contributed by atoms with Gasteiger partial charge in [0, 0.05) is 23.9 Å². The molecule has 3 nitrogen and oxygen atoms in total. The lowest BCUT2D eigenvalue weighted by atomic mass is 10.1. The number of aliphatic hydroxyl groups is 1. The van der Waals surface area contributed by atoms with Gasteiger partial charge in [-0.15, -0.1) is 11.3 Å². The molecule has 1 aromatic heterocycles. The monoisotopic (exact) mass is 276 g/mol. The Morgan fingerprint density at radius 1 is 1.64 bits per heavy atom. The number of aliphatic hydroxyl groups excluding tert-OH is 1. The van der Waals surface area contributed by atoms with E-state index in [9.17, 15) is 0 Å². The molecular weight excluding hydrogens is 264 g/mol. The number of hydrogen-bond donors (Lipinski definition) is 2. The number of thiazole rings is 1. The molecule has 1 aromatic rings. The molecule has 78 valence electrons. The van der Waals surface area contributed by atoms with Crippen molar-refractivity contribution in [1.29, 1.82) is 0 Å². The van der Waals surface area contributed by atoms with Crippen molar-refractivity contribution in [1.82, 2.24) is 4.98 Å². The molecule has 0 spiro atoms. The third-order valence-electron chi connectivity index (χ3n) is 2.68. The van der Waals surface area contributed by atoms with Gasteiger partial charge in [-0.25, -0.2) is 4.98 Å². The fourth-order valence-electron chi connectivity index (χ4n) is 1.92. The Kier molecular flexibility index (Phi) is 3.41. The van der Waals surface area contributed by atoms with E-state index in [-0.39, 0.29) is 6.61 Å². The minimum Gasteiger partial charge on any atom is -0.396 e. The third-order valence-corrected chi connectivity index (χ3v) is 4.16. The average Bonchev–Trinajstić information content (AvgIpc) is 2.76. The molecule has 0 bridgehead atoms. The predicted octanol–water partition coefficient (Wildman–Crippen LogP) is 2.48. The topological polar surface area (TPSA) is 45.1 Å². The van der Waals surface area contributed by atoms with E-state index in [1.54, 1.807) is 11.3 Å². The molecule has 1 aliphatic rings. The van der Waals surface area contributed by atoms with Gasteiger partial charge < -0.3 is 10.4 Å². The van der Waals surface area contributed by atoms with E-state index in [2.05, 4.69) is 26.2 Å². The summed E-state index contributed by atoms with van der Waals surface area (Å²) in [6.07, 6.45) is 3.47. The van der Waals surface area contributed by atoms with Crippen molar-refractivity contribution in [2.45, 2.75) is 25.3 Å². The number of halogens is 1. The Morgan fingerprint density at radius 2 is 2.50 bits per heavy atom. The molecule has 1 heterocycles. The zero-order valence-electron chi connectivity index (χ0n) is 7.74. The molecule has 2 atom stereocenters. The highest BCUT2D eigenvalue weighted by atomic mass is 79.9. The van der Waals surface area contributed by atoms with Crippen LogP contribution in [0.1, 0.15) is 19.3 Å². The molecule has 14 heavy (non-hydrogen) atoms. The van der Waals surface area contributed by atoms with Crippen molar-refractivity contribution < 1.29 is 5.11 Å². The molecule has 5 heteroatoms. The zero-order valence-corrected chi connectivity index (χ0v) is 10.1. The van der Waals surface area contributed by atoms with E-state index < -0.39 is 0 Å². The number of anilines is 1. The van der Waals surface area contributed by atoms with E-state index >= 15 is 0 Å². The summed E-state index contributed by atoms with van der Waals surface area (Å²) in [6, 6.07) is 0.401.